The second-order valence-corrected chi connectivity index (χ2v) is 8.20. The van der Waals surface area contributed by atoms with Crippen molar-refractivity contribution in [3.63, 3.8) is 0 Å². The van der Waals surface area contributed by atoms with Crippen LogP contribution in [0.3, 0.4) is 0 Å². The molecule has 0 radical (unpaired) electrons. The largest absolute Gasteiger partial charge is 0.493 e. The summed E-state index contributed by atoms with van der Waals surface area (Å²) < 4.78 is 38.7. The van der Waals surface area contributed by atoms with Crippen molar-refractivity contribution in [3.8, 4) is 23.0 Å². The maximum absolute atomic E-state index is 13.4. The molecule has 2 aliphatic heterocycles. The van der Waals surface area contributed by atoms with Crippen LogP contribution in [0.4, 0.5) is 0 Å². The van der Waals surface area contributed by atoms with Crippen molar-refractivity contribution in [1.82, 2.24) is 0 Å². The molecule has 0 unspecified atom stereocenters. The van der Waals surface area contributed by atoms with Crippen molar-refractivity contribution in [2.45, 2.75) is 25.9 Å². The average molecular weight is 459 g/mol. The lowest BCUT2D eigenvalue weighted by molar-refractivity contribution is -0.149. The Morgan fingerprint density at radius 2 is 1.79 bits per heavy atom. The molecule has 2 aromatic carbocycles. The zero-order valence-corrected chi connectivity index (χ0v) is 19.4. The molecular formula is C25H30O8. The normalized spacial score (nSPS) is 23.5. The Kier molecular flexibility index (Phi) is 6.95. The summed E-state index contributed by atoms with van der Waals surface area (Å²) in [5.41, 5.74) is 1.02. The lowest BCUT2D eigenvalue weighted by Gasteiger charge is -2.32. The predicted molar refractivity (Wildman–Crippen MR) is 119 cm³/mol. The van der Waals surface area contributed by atoms with Crippen molar-refractivity contribution in [3.05, 3.63) is 47.5 Å². The van der Waals surface area contributed by atoms with Gasteiger partial charge in [0.1, 0.15) is 12.9 Å². The van der Waals surface area contributed by atoms with Gasteiger partial charge >= 0.3 is 5.97 Å². The first-order valence-electron chi connectivity index (χ1n) is 10.9. The van der Waals surface area contributed by atoms with E-state index in [2.05, 4.69) is 0 Å². The number of esters is 1. The van der Waals surface area contributed by atoms with Gasteiger partial charge in [-0.25, -0.2) is 0 Å². The van der Waals surface area contributed by atoms with Crippen LogP contribution < -0.4 is 18.9 Å². The summed E-state index contributed by atoms with van der Waals surface area (Å²) in [6, 6.07) is 11.3. The molecule has 2 heterocycles. The quantitative estimate of drug-likeness (QED) is 0.301. The van der Waals surface area contributed by atoms with Gasteiger partial charge in [0.2, 0.25) is 6.79 Å². The molecule has 0 bridgehead atoms. The van der Waals surface area contributed by atoms with E-state index < -0.39 is 11.5 Å². The third-order valence-electron chi connectivity index (χ3n) is 6.54. The van der Waals surface area contributed by atoms with E-state index >= 15 is 0 Å². The predicted octanol–water partition coefficient (Wildman–Crippen LogP) is 3.91. The lowest BCUT2D eigenvalue weighted by Crippen LogP contribution is -2.38. The average Bonchev–Trinajstić information content (AvgIpc) is 3.41. The Morgan fingerprint density at radius 3 is 2.52 bits per heavy atom. The minimum absolute atomic E-state index is 0.132. The van der Waals surface area contributed by atoms with Crippen LogP contribution in [0.25, 0.3) is 0 Å². The first-order valence-corrected chi connectivity index (χ1v) is 10.9. The van der Waals surface area contributed by atoms with Crippen LogP contribution in [0.1, 0.15) is 30.6 Å². The van der Waals surface area contributed by atoms with Gasteiger partial charge in [0.15, 0.2) is 23.0 Å². The summed E-state index contributed by atoms with van der Waals surface area (Å²) >= 11 is 0. The van der Waals surface area contributed by atoms with Gasteiger partial charge in [-0.05, 0) is 48.2 Å². The maximum atomic E-state index is 13.4. The summed E-state index contributed by atoms with van der Waals surface area (Å²) in [4.78, 5) is 13.4. The molecule has 0 spiro atoms. The standard InChI is InChI=1S/C25H30O8/c1-5-25(12-16-6-8-20-22(10-16)32-15-31-20)18(13-30-14-27-2)23(33-24(25)26)17-7-9-19(28-3)21(11-17)29-4/h6-11,18,23H,5,12-15H2,1-4H3/t18-,23-,25+/m0/s1. The van der Waals surface area contributed by atoms with Crippen molar-refractivity contribution >= 4 is 5.97 Å². The van der Waals surface area contributed by atoms with E-state index in [1.165, 1.54) is 0 Å². The van der Waals surface area contributed by atoms with Gasteiger partial charge in [-0.3, -0.25) is 4.79 Å². The SMILES string of the molecule is CC[C@]1(Cc2ccc3c(c2)OCO3)C(=O)O[C@@H](c2ccc(OC)c(OC)c2)[C@@H]1COCOC. The summed E-state index contributed by atoms with van der Waals surface area (Å²) in [6.45, 7) is 2.65. The zero-order chi connectivity index (χ0) is 23.4. The van der Waals surface area contributed by atoms with Gasteiger partial charge in [0.25, 0.3) is 0 Å². The summed E-state index contributed by atoms with van der Waals surface area (Å²) in [6.07, 6.45) is 0.581. The van der Waals surface area contributed by atoms with Gasteiger partial charge in [-0.15, -0.1) is 0 Å². The molecule has 1 fully saturated rings. The van der Waals surface area contributed by atoms with Crippen LogP contribution in [0.15, 0.2) is 36.4 Å². The molecule has 3 atom stereocenters. The zero-order valence-electron chi connectivity index (χ0n) is 19.4. The molecule has 0 saturated carbocycles. The second-order valence-electron chi connectivity index (χ2n) is 8.20. The van der Waals surface area contributed by atoms with Crippen LogP contribution in [-0.4, -0.2) is 47.5 Å². The molecule has 0 aromatic heterocycles. The lowest BCUT2D eigenvalue weighted by atomic mass is 9.68. The van der Waals surface area contributed by atoms with E-state index in [0.29, 0.717) is 42.4 Å². The van der Waals surface area contributed by atoms with E-state index in [0.717, 1.165) is 11.1 Å². The minimum Gasteiger partial charge on any atom is -0.493 e. The summed E-state index contributed by atoms with van der Waals surface area (Å²) in [5.74, 6) is 2.10. The monoisotopic (exact) mass is 458 g/mol. The van der Waals surface area contributed by atoms with E-state index in [9.17, 15) is 4.79 Å². The first-order chi connectivity index (χ1) is 16.1. The highest BCUT2D eigenvalue weighted by molar-refractivity contribution is 5.80. The van der Waals surface area contributed by atoms with Crippen LogP contribution in [0.5, 0.6) is 23.0 Å². The van der Waals surface area contributed by atoms with E-state index in [-0.39, 0.29) is 25.5 Å². The van der Waals surface area contributed by atoms with E-state index in [1.54, 1.807) is 21.3 Å². The topological polar surface area (TPSA) is 81.7 Å². The smallest absolute Gasteiger partial charge is 0.313 e. The number of ether oxygens (including phenoxy) is 7. The number of carbonyl (C=O) groups is 1. The molecule has 0 aliphatic carbocycles. The molecule has 2 aromatic rings. The Hall–Kier alpha value is -2.97. The fourth-order valence-electron chi connectivity index (χ4n) is 4.74. The number of methoxy groups -OCH3 is 3. The Balaban J connectivity index is 1.69. The molecule has 8 nitrogen and oxygen atoms in total. The molecule has 4 rings (SSSR count). The van der Waals surface area contributed by atoms with Gasteiger partial charge in [-0.2, -0.15) is 0 Å². The Bertz CT molecular complexity index is 990. The van der Waals surface area contributed by atoms with Crippen molar-refractivity contribution in [2.24, 2.45) is 11.3 Å². The van der Waals surface area contributed by atoms with Crippen LogP contribution in [0.2, 0.25) is 0 Å². The second kappa shape index (κ2) is 9.89. The highest BCUT2D eigenvalue weighted by atomic mass is 16.7. The maximum Gasteiger partial charge on any atom is 0.313 e. The number of rotatable bonds is 10. The fourth-order valence-corrected chi connectivity index (χ4v) is 4.74. The summed E-state index contributed by atoms with van der Waals surface area (Å²) in [5, 5.41) is 0. The minimum atomic E-state index is -0.779. The highest BCUT2D eigenvalue weighted by Crippen LogP contribution is 2.52. The molecule has 0 amide bonds. The van der Waals surface area contributed by atoms with Crippen LogP contribution >= 0.6 is 0 Å². The van der Waals surface area contributed by atoms with Crippen molar-refractivity contribution in [2.75, 3.05) is 41.5 Å². The molecule has 33 heavy (non-hydrogen) atoms. The van der Waals surface area contributed by atoms with Gasteiger partial charge < -0.3 is 33.2 Å². The number of benzene rings is 2. The van der Waals surface area contributed by atoms with Gasteiger partial charge in [-0.1, -0.05) is 19.1 Å². The van der Waals surface area contributed by atoms with Gasteiger partial charge in [0.05, 0.1) is 26.2 Å². The third-order valence-corrected chi connectivity index (χ3v) is 6.54. The molecule has 178 valence electrons. The molecular weight excluding hydrogens is 428 g/mol. The number of fused-ring (bicyclic) bond motifs is 1. The van der Waals surface area contributed by atoms with E-state index in [4.69, 9.17) is 33.2 Å². The molecule has 2 aliphatic rings. The van der Waals surface area contributed by atoms with Crippen LogP contribution in [-0.2, 0) is 25.4 Å². The Labute approximate surface area is 193 Å². The third kappa shape index (κ3) is 4.32. The first kappa shape index (κ1) is 23.2. The Morgan fingerprint density at radius 1 is 1.00 bits per heavy atom. The van der Waals surface area contributed by atoms with Crippen molar-refractivity contribution < 1.29 is 38.0 Å². The van der Waals surface area contributed by atoms with Gasteiger partial charge in [0, 0.05) is 13.0 Å². The summed E-state index contributed by atoms with van der Waals surface area (Å²) in [7, 11) is 4.74. The highest BCUT2D eigenvalue weighted by Gasteiger charge is 2.56. The van der Waals surface area contributed by atoms with Crippen molar-refractivity contribution in [1.29, 1.82) is 0 Å². The molecule has 1 saturated heterocycles. The molecule has 0 N–H and O–H groups in total. The number of cyclic esters (lactones) is 1. The number of hydrogen-bond donors (Lipinski definition) is 0. The van der Waals surface area contributed by atoms with Crippen LogP contribution in [0, 0.1) is 11.3 Å². The number of carbonyl (C=O) groups excluding carboxylic acids is 1. The fraction of sp³-hybridized carbons (Fsp3) is 0.480. The van der Waals surface area contributed by atoms with E-state index in [1.807, 2.05) is 43.3 Å². The number of hydrogen-bond acceptors (Lipinski definition) is 8. The molecule has 8 heteroatoms.